The van der Waals surface area contributed by atoms with Crippen LogP contribution in [0, 0.1) is 5.92 Å². The molecule has 18 heavy (non-hydrogen) atoms. The smallest absolute Gasteiger partial charge is 0.225 e. The zero-order valence-corrected chi connectivity index (χ0v) is 10.9. The Bertz CT molecular complexity index is 385. The molecule has 1 aromatic heterocycles. The highest BCUT2D eigenvalue weighted by Gasteiger charge is 2.26. The summed E-state index contributed by atoms with van der Waals surface area (Å²) in [5.41, 5.74) is 6.79. The zero-order valence-electron chi connectivity index (χ0n) is 10.9. The second kappa shape index (κ2) is 5.96. The largest absolute Gasteiger partial charge is 0.340 e. The van der Waals surface area contributed by atoms with Crippen molar-refractivity contribution in [1.29, 1.82) is 0 Å². The predicted octanol–water partition coefficient (Wildman–Crippen LogP) is 1.56. The van der Waals surface area contributed by atoms with E-state index in [-0.39, 0.29) is 17.9 Å². The second-order valence-electron chi connectivity index (χ2n) is 5.13. The molecule has 1 aliphatic rings. The van der Waals surface area contributed by atoms with Crippen LogP contribution < -0.4 is 5.73 Å². The van der Waals surface area contributed by atoms with E-state index in [4.69, 9.17) is 5.73 Å². The van der Waals surface area contributed by atoms with Gasteiger partial charge in [-0.15, -0.1) is 0 Å². The molecule has 98 valence electrons. The summed E-state index contributed by atoms with van der Waals surface area (Å²) in [4.78, 5) is 18.3. The maximum atomic E-state index is 12.3. The first-order valence-corrected chi connectivity index (χ1v) is 6.57. The molecule has 0 saturated heterocycles. The molecule has 0 radical (unpaired) electrons. The predicted molar refractivity (Wildman–Crippen MR) is 70.6 cm³/mol. The SMILES string of the molecule is CN(Cc1ccccn1)C(=O)C1CCC(N)CC1. The monoisotopic (exact) mass is 247 g/mol. The van der Waals surface area contributed by atoms with Gasteiger partial charge in [0.2, 0.25) is 5.91 Å². The molecule has 1 fully saturated rings. The fourth-order valence-corrected chi connectivity index (χ4v) is 2.49. The van der Waals surface area contributed by atoms with Crippen LogP contribution >= 0.6 is 0 Å². The summed E-state index contributed by atoms with van der Waals surface area (Å²) < 4.78 is 0. The van der Waals surface area contributed by atoms with Gasteiger partial charge in [-0.05, 0) is 37.8 Å². The summed E-state index contributed by atoms with van der Waals surface area (Å²) in [5, 5.41) is 0. The second-order valence-corrected chi connectivity index (χ2v) is 5.13. The third-order valence-electron chi connectivity index (χ3n) is 3.62. The number of aromatic nitrogens is 1. The van der Waals surface area contributed by atoms with Crippen molar-refractivity contribution in [1.82, 2.24) is 9.88 Å². The molecule has 1 aromatic rings. The minimum Gasteiger partial charge on any atom is -0.340 e. The van der Waals surface area contributed by atoms with Gasteiger partial charge in [-0.25, -0.2) is 0 Å². The van der Waals surface area contributed by atoms with Gasteiger partial charge in [-0.1, -0.05) is 6.07 Å². The Morgan fingerprint density at radius 2 is 2.11 bits per heavy atom. The lowest BCUT2D eigenvalue weighted by atomic mass is 9.85. The van der Waals surface area contributed by atoms with Crippen molar-refractivity contribution in [2.45, 2.75) is 38.3 Å². The van der Waals surface area contributed by atoms with E-state index in [9.17, 15) is 4.79 Å². The van der Waals surface area contributed by atoms with Crippen LogP contribution in [0.3, 0.4) is 0 Å². The maximum absolute atomic E-state index is 12.3. The standard InChI is InChI=1S/C14H21N3O/c1-17(10-13-4-2-3-9-16-13)14(18)11-5-7-12(15)8-6-11/h2-4,9,11-12H,5-8,10,15H2,1H3. The number of carbonyl (C=O) groups is 1. The third kappa shape index (κ3) is 3.29. The van der Waals surface area contributed by atoms with Crippen molar-refractivity contribution in [3.63, 3.8) is 0 Å². The number of pyridine rings is 1. The average Bonchev–Trinajstić information content (AvgIpc) is 2.40. The van der Waals surface area contributed by atoms with Gasteiger partial charge in [-0.3, -0.25) is 9.78 Å². The summed E-state index contributed by atoms with van der Waals surface area (Å²) in [7, 11) is 1.85. The molecule has 4 nitrogen and oxygen atoms in total. The molecular weight excluding hydrogens is 226 g/mol. The van der Waals surface area contributed by atoms with Crippen LogP contribution in [0.4, 0.5) is 0 Å². The molecule has 0 atom stereocenters. The van der Waals surface area contributed by atoms with Crippen molar-refractivity contribution in [2.75, 3.05) is 7.05 Å². The lowest BCUT2D eigenvalue weighted by Gasteiger charge is -2.28. The van der Waals surface area contributed by atoms with E-state index in [0.29, 0.717) is 6.54 Å². The summed E-state index contributed by atoms with van der Waals surface area (Å²) in [6.07, 6.45) is 5.54. The molecule has 0 unspecified atom stereocenters. The van der Waals surface area contributed by atoms with Crippen molar-refractivity contribution < 1.29 is 4.79 Å². The van der Waals surface area contributed by atoms with Crippen LogP contribution in [-0.2, 0) is 11.3 Å². The highest BCUT2D eigenvalue weighted by molar-refractivity contribution is 5.78. The van der Waals surface area contributed by atoms with Gasteiger partial charge in [0.15, 0.2) is 0 Å². The summed E-state index contributed by atoms with van der Waals surface area (Å²) in [6.45, 7) is 0.586. The van der Waals surface area contributed by atoms with E-state index < -0.39 is 0 Å². The molecule has 0 spiro atoms. The number of hydrogen-bond acceptors (Lipinski definition) is 3. The lowest BCUT2D eigenvalue weighted by Crippen LogP contribution is -2.37. The topological polar surface area (TPSA) is 59.2 Å². The molecule has 0 bridgehead atoms. The highest BCUT2D eigenvalue weighted by atomic mass is 16.2. The molecule has 0 aromatic carbocycles. The van der Waals surface area contributed by atoms with E-state index in [0.717, 1.165) is 31.4 Å². The van der Waals surface area contributed by atoms with Gasteiger partial charge in [0.1, 0.15) is 0 Å². The van der Waals surface area contributed by atoms with E-state index in [2.05, 4.69) is 4.98 Å². The average molecular weight is 247 g/mol. The number of amides is 1. The number of rotatable bonds is 3. The quantitative estimate of drug-likeness (QED) is 0.881. The summed E-state index contributed by atoms with van der Waals surface area (Å²) in [6, 6.07) is 6.06. The maximum Gasteiger partial charge on any atom is 0.225 e. The fraction of sp³-hybridized carbons (Fsp3) is 0.571. The van der Waals surface area contributed by atoms with Crippen LogP contribution in [0.15, 0.2) is 24.4 Å². The number of nitrogens with two attached hydrogens (primary N) is 1. The third-order valence-corrected chi connectivity index (χ3v) is 3.62. The normalized spacial score (nSPS) is 23.7. The molecule has 2 N–H and O–H groups in total. The van der Waals surface area contributed by atoms with Gasteiger partial charge < -0.3 is 10.6 Å². The number of nitrogens with zero attached hydrogens (tertiary/aromatic N) is 2. The van der Waals surface area contributed by atoms with Gasteiger partial charge in [0.25, 0.3) is 0 Å². The van der Waals surface area contributed by atoms with Crippen LogP contribution in [0.1, 0.15) is 31.4 Å². The van der Waals surface area contributed by atoms with Crippen LogP contribution in [0.2, 0.25) is 0 Å². The fourth-order valence-electron chi connectivity index (χ4n) is 2.49. The van der Waals surface area contributed by atoms with E-state index >= 15 is 0 Å². The van der Waals surface area contributed by atoms with Crippen molar-refractivity contribution >= 4 is 5.91 Å². The molecule has 1 saturated carbocycles. The first-order chi connectivity index (χ1) is 8.66. The van der Waals surface area contributed by atoms with E-state index in [1.165, 1.54) is 0 Å². The Morgan fingerprint density at radius 1 is 1.39 bits per heavy atom. The summed E-state index contributed by atoms with van der Waals surface area (Å²) >= 11 is 0. The highest BCUT2D eigenvalue weighted by Crippen LogP contribution is 2.25. The van der Waals surface area contributed by atoms with E-state index in [1.807, 2.05) is 25.2 Å². The van der Waals surface area contributed by atoms with Gasteiger partial charge in [0, 0.05) is 25.2 Å². The van der Waals surface area contributed by atoms with Crippen LogP contribution in [-0.4, -0.2) is 28.9 Å². The number of carbonyl (C=O) groups excluding carboxylic acids is 1. The zero-order chi connectivity index (χ0) is 13.0. The van der Waals surface area contributed by atoms with Crippen molar-refractivity contribution in [2.24, 2.45) is 11.7 Å². The molecular formula is C14H21N3O. The molecule has 2 rings (SSSR count). The Kier molecular flexibility index (Phi) is 4.31. The molecule has 1 heterocycles. The Labute approximate surface area is 108 Å². The van der Waals surface area contributed by atoms with Crippen LogP contribution in [0.5, 0.6) is 0 Å². The van der Waals surface area contributed by atoms with E-state index in [1.54, 1.807) is 11.1 Å². The van der Waals surface area contributed by atoms with Gasteiger partial charge in [0.05, 0.1) is 12.2 Å². The Morgan fingerprint density at radius 3 is 2.72 bits per heavy atom. The molecule has 0 aliphatic heterocycles. The molecule has 1 aliphatic carbocycles. The van der Waals surface area contributed by atoms with Crippen LogP contribution in [0.25, 0.3) is 0 Å². The first kappa shape index (κ1) is 13.0. The number of hydrogen-bond donors (Lipinski definition) is 1. The first-order valence-electron chi connectivity index (χ1n) is 6.57. The minimum absolute atomic E-state index is 0.151. The minimum atomic E-state index is 0.151. The summed E-state index contributed by atoms with van der Waals surface area (Å²) in [5.74, 6) is 0.381. The Hall–Kier alpha value is -1.42. The van der Waals surface area contributed by atoms with Gasteiger partial charge >= 0.3 is 0 Å². The molecule has 1 amide bonds. The van der Waals surface area contributed by atoms with Crippen molar-refractivity contribution in [3.8, 4) is 0 Å². The lowest BCUT2D eigenvalue weighted by molar-refractivity contribution is -0.135. The molecule has 4 heteroatoms. The Balaban J connectivity index is 1.89. The van der Waals surface area contributed by atoms with Crippen molar-refractivity contribution in [3.05, 3.63) is 30.1 Å². The van der Waals surface area contributed by atoms with Gasteiger partial charge in [-0.2, -0.15) is 0 Å².